The minimum Gasteiger partial charge on any atom is -0.494 e. The third-order valence-electron chi connectivity index (χ3n) is 5.63. The Hall–Kier alpha value is -3.41. The van der Waals surface area contributed by atoms with Crippen LogP contribution in [-0.2, 0) is 9.59 Å². The molecule has 6 heteroatoms. The van der Waals surface area contributed by atoms with Gasteiger partial charge in [-0.1, -0.05) is 11.6 Å². The molecule has 1 aliphatic carbocycles. The van der Waals surface area contributed by atoms with Crippen LogP contribution in [0.3, 0.4) is 0 Å². The lowest BCUT2D eigenvalue weighted by Crippen LogP contribution is -2.30. The predicted molar refractivity (Wildman–Crippen MR) is 114 cm³/mol. The summed E-state index contributed by atoms with van der Waals surface area (Å²) >= 11 is 0. The van der Waals surface area contributed by atoms with Crippen LogP contribution in [0, 0.1) is 11.8 Å². The van der Waals surface area contributed by atoms with Gasteiger partial charge in [-0.3, -0.25) is 19.3 Å². The number of carbonyl (C=O) groups is 3. The van der Waals surface area contributed by atoms with Crippen molar-refractivity contribution in [3.63, 3.8) is 0 Å². The highest BCUT2D eigenvalue weighted by Gasteiger charge is 2.48. The lowest BCUT2D eigenvalue weighted by molar-refractivity contribution is -0.122. The number of hydrogen-bond acceptors (Lipinski definition) is 4. The number of allylic oxidation sites excluding steroid dienone is 2. The number of rotatable bonds is 5. The summed E-state index contributed by atoms with van der Waals surface area (Å²) < 4.78 is 5.40. The van der Waals surface area contributed by atoms with E-state index in [0.717, 1.165) is 11.3 Å². The van der Waals surface area contributed by atoms with E-state index in [-0.39, 0.29) is 29.6 Å². The molecule has 1 N–H and O–H groups in total. The molecule has 1 saturated heterocycles. The molecule has 6 nitrogen and oxygen atoms in total. The molecule has 2 aliphatic rings. The number of fused-ring (bicyclic) bond motifs is 1. The molecule has 1 heterocycles. The fraction of sp³-hybridized carbons (Fsp3) is 0.292. The first-order chi connectivity index (χ1) is 14.5. The first-order valence-corrected chi connectivity index (χ1v) is 10.2. The number of carbonyl (C=O) groups excluding carboxylic acids is 3. The molecule has 2 aromatic rings. The number of anilines is 2. The molecule has 0 spiro atoms. The maximum Gasteiger partial charge on any atom is 0.255 e. The van der Waals surface area contributed by atoms with Crippen molar-refractivity contribution in [1.29, 1.82) is 0 Å². The molecule has 0 bridgehead atoms. The fourth-order valence-electron chi connectivity index (χ4n) is 4.06. The zero-order valence-electron chi connectivity index (χ0n) is 17.1. The molecule has 3 amide bonds. The Morgan fingerprint density at radius 1 is 1.03 bits per heavy atom. The molecular weight excluding hydrogens is 380 g/mol. The smallest absolute Gasteiger partial charge is 0.255 e. The number of imide groups is 1. The van der Waals surface area contributed by atoms with Gasteiger partial charge in [0.05, 0.1) is 24.1 Å². The Kier molecular flexibility index (Phi) is 5.40. The summed E-state index contributed by atoms with van der Waals surface area (Å²) in [5, 5.41) is 2.83. The molecule has 2 atom stereocenters. The van der Waals surface area contributed by atoms with E-state index in [9.17, 15) is 14.4 Å². The molecule has 0 saturated carbocycles. The summed E-state index contributed by atoms with van der Waals surface area (Å²) in [6, 6.07) is 13.7. The Morgan fingerprint density at radius 3 is 2.37 bits per heavy atom. The SMILES string of the molecule is CCOc1ccc(NC(=O)c2ccc(N3C(=O)[C@H]4CC=C(C)C[C@@H]4C3=O)cc2)cc1. The van der Waals surface area contributed by atoms with Gasteiger partial charge in [-0.05, 0) is 75.2 Å². The Bertz CT molecular complexity index is 1010. The molecule has 1 aliphatic heterocycles. The summed E-state index contributed by atoms with van der Waals surface area (Å²) in [7, 11) is 0. The van der Waals surface area contributed by atoms with Gasteiger partial charge in [-0.15, -0.1) is 0 Å². The summed E-state index contributed by atoms with van der Waals surface area (Å²) in [6.07, 6.45) is 3.29. The van der Waals surface area contributed by atoms with E-state index in [1.165, 1.54) is 4.90 Å². The van der Waals surface area contributed by atoms with Crippen LogP contribution in [0.1, 0.15) is 37.0 Å². The van der Waals surface area contributed by atoms with E-state index in [2.05, 4.69) is 5.32 Å². The molecule has 30 heavy (non-hydrogen) atoms. The van der Waals surface area contributed by atoms with E-state index in [0.29, 0.717) is 36.4 Å². The van der Waals surface area contributed by atoms with Crippen molar-refractivity contribution in [1.82, 2.24) is 0 Å². The first-order valence-electron chi connectivity index (χ1n) is 10.2. The molecule has 1 fully saturated rings. The van der Waals surface area contributed by atoms with E-state index in [1.807, 2.05) is 19.9 Å². The Balaban J connectivity index is 1.46. The topological polar surface area (TPSA) is 75.7 Å². The predicted octanol–water partition coefficient (Wildman–Crippen LogP) is 4.18. The largest absolute Gasteiger partial charge is 0.494 e. The van der Waals surface area contributed by atoms with Crippen LogP contribution >= 0.6 is 0 Å². The monoisotopic (exact) mass is 404 g/mol. The molecule has 154 valence electrons. The molecule has 0 radical (unpaired) electrons. The number of ether oxygens (including phenoxy) is 1. The van der Waals surface area contributed by atoms with Crippen molar-refractivity contribution in [2.24, 2.45) is 11.8 Å². The van der Waals surface area contributed by atoms with Gasteiger partial charge in [-0.25, -0.2) is 0 Å². The van der Waals surface area contributed by atoms with Gasteiger partial charge in [-0.2, -0.15) is 0 Å². The van der Waals surface area contributed by atoms with Gasteiger partial charge in [0, 0.05) is 11.3 Å². The minimum absolute atomic E-state index is 0.149. The van der Waals surface area contributed by atoms with Crippen LogP contribution in [0.25, 0.3) is 0 Å². The van der Waals surface area contributed by atoms with Crippen molar-refractivity contribution >= 4 is 29.1 Å². The zero-order chi connectivity index (χ0) is 21.3. The highest BCUT2D eigenvalue weighted by molar-refractivity contribution is 6.22. The van der Waals surface area contributed by atoms with Gasteiger partial charge in [0.1, 0.15) is 5.75 Å². The number of nitrogens with one attached hydrogen (secondary N) is 1. The second-order valence-electron chi connectivity index (χ2n) is 7.67. The molecule has 0 aromatic heterocycles. The number of benzene rings is 2. The first kappa shape index (κ1) is 19.9. The Morgan fingerprint density at radius 2 is 1.70 bits per heavy atom. The van der Waals surface area contributed by atoms with E-state index in [1.54, 1.807) is 48.5 Å². The van der Waals surface area contributed by atoms with Crippen LogP contribution < -0.4 is 15.0 Å². The van der Waals surface area contributed by atoms with E-state index in [4.69, 9.17) is 4.74 Å². The highest BCUT2D eigenvalue weighted by Crippen LogP contribution is 2.39. The third-order valence-corrected chi connectivity index (χ3v) is 5.63. The van der Waals surface area contributed by atoms with Crippen LogP contribution in [-0.4, -0.2) is 24.3 Å². The summed E-state index contributed by atoms with van der Waals surface area (Å²) in [4.78, 5) is 39.4. The van der Waals surface area contributed by atoms with Crippen LogP contribution in [0.2, 0.25) is 0 Å². The standard InChI is InChI=1S/C24H24N2O4/c1-3-30-19-11-7-17(8-12-19)25-22(27)16-5-9-18(10-6-16)26-23(28)20-13-4-15(2)14-21(20)24(26)29/h4-12,20-21H,3,13-14H2,1-2H3,(H,25,27)/t20-,21-/m0/s1. The van der Waals surface area contributed by atoms with Gasteiger partial charge < -0.3 is 10.1 Å². The molecular formula is C24H24N2O4. The second kappa shape index (κ2) is 8.14. The maximum atomic E-state index is 12.8. The van der Waals surface area contributed by atoms with Gasteiger partial charge >= 0.3 is 0 Å². The van der Waals surface area contributed by atoms with Gasteiger partial charge in [0.25, 0.3) is 5.91 Å². The lowest BCUT2D eigenvalue weighted by atomic mass is 9.82. The Labute approximate surface area is 175 Å². The molecule has 2 aromatic carbocycles. The third kappa shape index (κ3) is 3.73. The summed E-state index contributed by atoms with van der Waals surface area (Å²) in [5.74, 6) is -0.373. The van der Waals surface area contributed by atoms with Crippen LogP contribution in [0.15, 0.2) is 60.2 Å². The van der Waals surface area contributed by atoms with Crippen LogP contribution in [0.5, 0.6) is 5.75 Å². The van der Waals surface area contributed by atoms with Crippen molar-refractivity contribution in [2.45, 2.75) is 26.7 Å². The molecule has 4 rings (SSSR count). The van der Waals surface area contributed by atoms with E-state index < -0.39 is 0 Å². The average Bonchev–Trinajstić information content (AvgIpc) is 2.99. The minimum atomic E-state index is -0.274. The number of nitrogens with zero attached hydrogens (tertiary/aromatic N) is 1. The highest BCUT2D eigenvalue weighted by atomic mass is 16.5. The number of amides is 3. The number of hydrogen-bond donors (Lipinski definition) is 1. The fourth-order valence-corrected chi connectivity index (χ4v) is 4.06. The summed E-state index contributed by atoms with van der Waals surface area (Å²) in [5.41, 5.74) is 2.77. The summed E-state index contributed by atoms with van der Waals surface area (Å²) in [6.45, 7) is 4.49. The van der Waals surface area contributed by atoms with Crippen molar-refractivity contribution in [3.05, 3.63) is 65.7 Å². The molecule has 0 unspecified atom stereocenters. The lowest BCUT2D eigenvalue weighted by Gasteiger charge is -2.18. The average molecular weight is 404 g/mol. The second-order valence-corrected chi connectivity index (χ2v) is 7.67. The van der Waals surface area contributed by atoms with Gasteiger partial charge in [0.15, 0.2) is 0 Å². The van der Waals surface area contributed by atoms with E-state index >= 15 is 0 Å². The zero-order valence-corrected chi connectivity index (χ0v) is 17.1. The van der Waals surface area contributed by atoms with Crippen LogP contribution in [0.4, 0.5) is 11.4 Å². The van der Waals surface area contributed by atoms with Crippen molar-refractivity contribution in [3.8, 4) is 5.75 Å². The van der Waals surface area contributed by atoms with Crippen molar-refractivity contribution in [2.75, 3.05) is 16.8 Å². The normalized spacial score (nSPS) is 20.6. The maximum absolute atomic E-state index is 12.8. The quantitative estimate of drug-likeness (QED) is 0.599. The van der Waals surface area contributed by atoms with Gasteiger partial charge in [0.2, 0.25) is 11.8 Å². The van der Waals surface area contributed by atoms with Crippen molar-refractivity contribution < 1.29 is 19.1 Å².